The molecule has 0 amide bonds. The van der Waals surface area contributed by atoms with E-state index < -0.39 is 0 Å². The van der Waals surface area contributed by atoms with Gasteiger partial charge in [-0.25, -0.2) is 18.3 Å². The highest BCUT2D eigenvalue weighted by atomic mass is 16.5. The topological polar surface area (TPSA) is 128 Å². The van der Waals surface area contributed by atoms with Crippen molar-refractivity contribution in [3.63, 3.8) is 0 Å². The molecular weight excluding hydrogens is 1860 g/mol. The normalized spacial score (nSPS) is 11.7. The van der Waals surface area contributed by atoms with Crippen LogP contribution in [0.25, 0.3) is 64.6 Å². The zero-order valence-electron chi connectivity index (χ0n) is 97.1. The second-order valence-electron chi connectivity index (χ2n) is 43.8. The van der Waals surface area contributed by atoms with E-state index in [1.807, 2.05) is 0 Å². The second-order valence-corrected chi connectivity index (χ2v) is 43.8. The minimum absolute atomic E-state index is 0.654. The fraction of sp³-hybridized carbons (Fsp3) is 0.687. The van der Waals surface area contributed by atoms with Gasteiger partial charge < -0.3 is 56.8 Å². The van der Waals surface area contributed by atoms with Gasteiger partial charge in [0, 0.05) is 0 Å². The van der Waals surface area contributed by atoms with E-state index in [0.29, 0.717) is 79.3 Å². The molecule has 0 saturated carbocycles. The van der Waals surface area contributed by atoms with Gasteiger partial charge >= 0.3 is 0 Å². The van der Waals surface area contributed by atoms with Gasteiger partial charge in [-0.05, 0) is 266 Å². The molecule has 10 rings (SSSR count). The summed E-state index contributed by atoms with van der Waals surface area (Å²) >= 11 is 0. The van der Waals surface area contributed by atoms with Gasteiger partial charge in [-0.1, -0.05) is 365 Å². The van der Waals surface area contributed by atoms with Crippen LogP contribution in [-0.4, -0.2) is 88.4 Å². The molecule has 150 heavy (non-hydrogen) atoms. The number of rotatable bonds is 97. The number of nitrogens with zero attached hydrogens (tertiary/aromatic N) is 4. The monoisotopic (exact) mass is 2070 g/mol. The van der Waals surface area contributed by atoms with E-state index in [9.17, 15) is 0 Å². The molecule has 0 fully saturated rings. The van der Waals surface area contributed by atoms with Crippen LogP contribution in [0.3, 0.4) is 0 Å². The Balaban J connectivity index is 0.602. The molecule has 0 unspecified atom stereocenters. The molecule has 16 heteroatoms. The molecule has 2 aromatic heterocycles. The molecule has 0 aliphatic rings. The Morgan fingerprint density at radius 2 is 0.267 bits per heavy atom. The van der Waals surface area contributed by atoms with Gasteiger partial charge in [-0.3, -0.25) is 0 Å². The van der Waals surface area contributed by atoms with E-state index >= 15 is 0 Å². The van der Waals surface area contributed by atoms with Crippen LogP contribution in [-0.2, 0) is 26.2 Å². The van der Waals surface area contributed by atoms with Gasteiger partial charge in [-0.2, -0.15) is 0 Å². The number of imidazole rings is 2. The highest BCUT2D eigenvalue weighted by molar-refractivity contribution is 6.28. The number of ether oxygens (including phenoxy) is 12. The smallest absolute Gasteiger partial charge is 0.243 e. The van der Waals surface area contributed by atoms with E-state index in [-0.39, 0.29) is 0 Å². The summed E-state index contributed by atoms with van der Waals surface area (Å²) in [7, 11) is 0. The molecular formula is C134H212N4O12+2. The van der Waals surface area contributed by atoms with Crippen molar-refractivity contribution in [2.24, 2.45) is 0 Å². The van der Waals surface area contributed by atoms with E-state index in [2.05, 4.69) is 198 Å². The lowest BCUT2D eigenvalue weighted by Gasteiger charge is -2.21. The molecule has 0 atom stereocenters. The van der Waals surface area contributed by atoms with Gasteiger partial charge in [-0.15, -0.1) is 0 Å². The molecule has 10 aromatic rings. The van der Waals surface area contributed by atoms with Gasteiger partial charge in [0.15, 0.2) is 69.0 Å². The lowest BCUT2D eigenvalue weighted by molar-refractivity contribution is -0.697. The third-order valence-electron chi connectivity index (χ3n) is 30.5. The zero-order chi connectivity index (χ0) is 105. The average Bonchev–Trinajstić information content (AvgIpc) is 0.751. The lowest BCUT2D eigenvalue weighted by Crippen LogP contribution is -2.30. The first kappa shape index (κ1) is 123. The molecule has 838 valence electrons. The van der Waals surface area contributed by atoms with Crippen LogP contribution in [0.5, 0.6) is 69.0 Å². The van der Waals surface area contributed by atoms with E-state index in [0.717, 1.165) is 314 Å². The Kier molecular flexibility index (Phi) is 63.7. The summed E-state index contributed by atoms with van der Waals surface area (Å²) in [5, 5.41) is 13.4. The minimum atomic E-state index is 0.654. The maximum atomic E-state index is 6.92. The fourth-order valence-electron chi connectivity index (χ4n) is 21.2. The van der Waals surface area contributed by atoms with Crippen molar-refractivity contribution in [2.75, 3.05) is 79.3 Å². The summed E-state index contributed by atoms with van der Waals surface area (Å²) in [6.45, 7) is 35.0. The summed E-state index contributed by atoms with van der Waals surface area (Å²) in [5.74, 6) is 9.78. The van der Waals surface area contributed by atoms with Gasteiger partial charge in [0.1, 0.15) is 24.8 Å². The van der Waals surface area contributed by atoms with Crippen molar-refractivity contribution in [1.29, 1.82) is 0 Å². The summed E-state index contributed by atoms with van der Waals surface area (Å²) in [6, 6.07) is 27.2. The first-order valence-electron chi connectivity index (χ1n) is 62.9. The maximum absolute atomic E-state index is 6.92. The van der Waals surface area contributed by atoms with Crippen LogP contribution in [0.1, 0.15) is 493 Å². The molecule has 16 nitrogen and oxygen atoms in total. The Labute approximate surface area is 911 Å². The van der Waals surface area contributed by atoms with Crippen LogP contribution in [0.15, 0.2) is 110 Å². The fourth-order valence-corrected chi connectivity index (χ4v) is 21.2. The quantitative estimate of drug-likeness (QED) is 0.0204. The summed E-state index contributed by atoms with van der Waals surface area (Å²) in [5.41, 5.74) is 0. The maximum Gasteiger partial charge on any atom is 0.243 e. The predicted octanol–water partition coefficient (Wildman–Crippen LogP) is 39.4. The third-order valence-corrected chi connectivity index (χ3v) is 30.5. The number of hydrogen-bond acceptors (Lipinski definition) is 12. The molecule has 0 N–H and O–H groups in total. The molecule has 0 radical (unpaired) electrons. The highest BCUT2D eigenvalue weighted by Gasteiger charge is 2.26. The van der Waals surface area contributed by atoms with E-state index in [1.165, 1.54) is 270 Å². The van der Waals surface area contributed by atoms with Crippen molar-refractivity contribution in [3.05, 3.63) is 110 Å². The SMILES string of the molecule is CCCCCCOc1cc2c3cc(OCCCCCC)c(OCCCCCC)cc3c3cc(OCCCCCCCCCCCC[n+]4ccn(CCCCCCCCn5cc[n+](CCCCCCCCCCCCOc6cc7c8cc(OCCCCCC)c(OCCCCCC)cc8c8cc(OCCCCCC)c(OCCCCCC)cc8c7cc6OCCCCCC)c5)c4)c(OCCCCCC)cc3c2cc1OCCCCCC. The molecule has 0 spiro atoms. The Morgan fingerprint density at radius 3 is 0.407 bits per heavy atom. The highest BCUT2D eigenvalue weighted by Crippen LogP contribution is 2.51. The second kappa shape index (κ2) is 77.6. The largest absolute Gasteiger partial charge is 0.490 e. The van der Waals surface area contributed by atoms with Crippen LogP contribution in [0.2, 0.25) is 0 Å². The third kappa shape index (κ3) is 45.4. The summed E-state index contributed by atoms with van der Waals surface area (Å²) in [4.78, 5) is 0. The van der Waals surface area contributed by atoms with Crippen LogP contribution >= 0.6 is 0 Å². The summed E-state index contributed by atoms with van der Waals surface area (Å²) in [6.07, 6.45) is 92.3. The average molecular weight is 2070 g/mol. The van der Waals surface area contributed by atoms with Crippen molar-refractivity contribution in [2.45, 2.75) is 519 Å². The number of hydrogen-bond donors (Lipinski definition) is 0. The van der Waals surface area contributed by atoms with Gasteiger partial charge in [0.2, 0.25) is 12.7 Å². The van der Waals surface area contributed by atoms with Crippen molar-refractivity contribution in [1.82, 2.24) is 9.13 Å². The molecule has 0 aliphatic carbocycles. The van der Waals surface area contributed by atoms with Crippen LogP contribution in [0.4, 0.5) is 0 Å². The van der Waals surface area contributed by atoms with Crippen LogP contribution < -0.4 is 66.0 Å². The van der Waals surface area contributed by atoms with E-state index in [4.69, 9.17) is 56.8 Å². The molecule has 0 saturated heterocycles. The van der Waals surface area contributed by atoms with Crippen LogP contribution in [0, 0.1) is 0 Å². The first-order valence-corrected chi connectivity index (χ1v) is 62.9. The number of aromatic nitrogens is 4. The van der Waals surface area contributed by atoms with Crippen molar-refractivity contribution in [3.8, 4) is 69.0 Å². The summed E-state index contributed by atoms with van der Waals surface area (Å²) < 4.78 is 91.3. The van der Waals surface area contributed by atoms with Crippen molar-refractivity contribution < 1.29 is 66.0 Å². The standard InChI is InChI=1S/C134H212N4O12/c1-11-21-31-65-85-139-123-97-111-113-99-125(141-87-67-33-23-13-3)129(145-91-71-37-27-17-7)103-117(113)121-107-133(131(147-93-73-39-29-19-9)105-119(121)115(111)101-127(123)143-89-69-35-25-15-5)149-95-75-59-53-47-43-41-45-49-55-61-77-135-81-83-137(109-135)79-63-57-51-52-58-64-80-138-84-82-136(110-138)78-62-56-50-46-42-44-48-54-60-76-96-150-134-108-122-118-104-130(146-92-72-38-28-18-8)126(142-88-68-34-24-14-4)100-114(118)112-98-124(140-86-66-32-22-12-2)128(144-90-70-36-26-16-6)102-116(112)120(122)106-132(134)148-94-74-40-30-20-10/h81-84,97-110H,11-80,85-96H2,1-10H3/q+2. The predicted molar refractivity (Wildman–Crippen MR) is 635 cm³/mol. The van der Waals surface area contributed by atoms with Gasteiger partial charge in [0.05, 0.1) is 105 Å². The number of unbranched alkanes of at least 4 members (excludes halogenated alkanes) is 53. The Morgan fingerprint density at radius 1 is 0.147 bits per heavy atom. The lowest BCUT2D eigenvalue weighted by atomic mass is 9.93. The molecule has 0 bridgehead atoms. The minimum Gasteiger partial charge on any atom is -0.490 e. The molecule has 8 aromatic carbocycles. The number of aryl methyl sites for hydroxylation is 4. The van der Waals surface area contributed by atoms with E-state index in [1.54, 1.807) is 0 Å². The van der Waals surface area contributed by atoms with Crippen molar-refractivity contribution >= 4 is 64.6 Å². The Bertz CT molecular complexity index is 4790. The Hall–Kier alpha value is -8.66. The molecule has 0 aliphatic heterocycles. The number of benzene rings is 8. The number of fused-ring (bicyclic) bond motifs is 12. The zero-order valence-corrected chi connectivity index (χ0v) is 97.1. The molecule has 2 heterocycles. The van der Waals surface area contributed by atoms with Gasteiger partial charge in [0.25, 0.3) is 0 Å². The first-order chi connectivity index (χ1) is 74.2.